The number of nitrogens with one attached hydrogen (secondary N) is 1. The van der Waals surface area contributed by atoms with Gasteiger partial charge in [-0.2, -0.15) is 0 Å². The van der Waals surface area contributed by atoms with Gasteiger partial charge in [0.2, 0.25) is 0 Å². The van der Waals surface area contributed by atoms with Gasteiger partial charge >= 0.3 is 0 Å². The molecule has 4 nitrogen and oxygen atoms in total. The maximum atomic E-state index is 12.1. The molecule has 1 aliphatic heterocycles. The van der Waals surface area contributed by atoms with Crippen molar-refractivity contribution in [2.24, 2.45) is 11.8 Å². The van der Waals surface area contributed by atoms with Crippen molar-refractivity contribution in [3.8, 4) is 0 Å². The Morgan fingerprint density at radius 3 is 2.56 bits per heavy atom. The Morgan fingerprint density at radius 1 is 1.33 bits per heavy atom. The molecule has 18 heavy (non-hydrogen) atoms. The highest BCUT2D eigenvalue weighted by molar-refractivity contribution is 7.91. The Kier molecular flexibility index (Phi) is 6.60. The van der Waals surface area contributed by atoms with Gasteiger partial charge in [-0.25, -0.2) is 8.42 Å². The topological polar surface area (TPSA) is 55.4 Å². The van der Waals surface area contributed by atoms with Gasteiger partial charge in [0.1, 0.15) is 0 Å². The van der Waals surface area contributed by atoms with Gasteiger partial charge in [0.05, 0.1) is 18.1 Å². The molecule has 5 heteroatoms. The van der Waals surface area contributed by atoms with E-state index in [-0.39, 0.29) is 23.5 Å². The summed E-state index contributed by atoms with van der Waals surface area (Å²) in [4.78, 5) is 0. The molecule has 1 N–H and O–H groups in total. The van der Waals surface area contributed by atoms with E-state index in [0.717, 1.165) is 26.0 Å². The lowest BCUT2D eigenvalue weighted by molar-refractivity contribution is 0.178. The van der Waals surface area contributed by atoms with Crippen molar-refractivity contribution >= 4 is 9.84 Å². The van der Waals surface area contributed by atoms with Gasteiger partial charge in [0.15, 0.2) is 9.84 Å². The Morgan fingerprint density at radius 2 is 2.06 bits per heavy atom. The average molecular weight is 277 g/mol. The summed E-state index contributed by atoms with van der Waals surface area (Å²) in [6.45, 7) is 8.32. The van der Waals surface area contributed by atoms with E-state index in [1.165, 1.54) is 0 Å². The van der Waals surface area contributed by atoms with Crippen LogP contribution in [0.4, 0.5) is 0 Å². The molecule has 0 aromatic carbocycles. The van der Waals surface area contributed by atoms with Crippen molar-refractivity contribution in [2.45, 2.75) is 39.7 Å². The van der Waals surface area contributed by atoms with E-state index in [0.29, 0.717) is 12.5 Å². The van der Waals surface area contributed by atoms with Crippen LogP contribution in [0.25, 0.3) is 0 Å². The van der Waals surface area contributed by atoms with E-state index >= 15 is 0 Å². The first-order valence-electron chi connectivity index (χ1n) is 6.96. The van der Waals surface area contributed by atoms with Crippen molar-refractivity contribution < 1.29 is 13.2 Å². The standard InChI is InChI=1S/C13H27NO3S/c1-4-6-14-13(12-5-7-17-8-12)10-18(15,16)9-11(2)3/h11-14H,4-10H2,1-3H3. The molecule has 0 spiro atoms. The molecule has 2 atom stereocenters. The van der Waals surface area contributed by atoms with Gasteiger partial charge in [-0.05, 0) is 25.3 Å². The molecular weight excluding hydrogens is 250 g/mol. The smallest absolute Gasteiger partial charge is 0.152 e. The van der Waals surface area contributed by atoms with Crippen molar-refractivity contribution in [2.75, 3.05) is 31.3 Å². The lowest BCUT2D eigenvalue weighted by atomic mass is 10.0. The summed E-state index contributed by atoms with van der Waals surface area (Å²) in [5.74, 6) is 1.07. The van der Waals surface area contributed by atoms with E-state index < -0.39 is 9.84 Å². The molecule has 0 aromatic heterocycles. The molecule has 1 fully saturated rings. The zero-order chi connectivity index (χ0) is 13.6. The fourth-order valence-electron chi connectivity index (χ4n) is 2.41. The van der Waals surface area contributed by atoms with E-state index in [1.807, 2.05) is 13.8 Å². The number of rotatable bonds is 8. The SMILES string of the molecule is CCCNC(CS(=O)(=O)CC(C)C)C1CCOC1. The Labute approximate surface area is 111 Å². The predicted molar refractivity (Wildman–Crippen MR) is 74.5 cm³/mol. The first-order chi connectivity index (χ1) is 8.44. The third kappa shape index (κ3) is 5.67. The lowest BCUT2D eigenvalue weighted by Gasteiger charge is -2.24. The molecule has 1 aliphatic rings. The summed E-state index contributed by atoms with van der Waals surface area (Å²) in [5, 5.41) is 3.38. The van der Waals surface area contributed by atoms with Crippen LogP contribution in [0.15, 0.2) is 0 Å². The summed E-state index contributed by atoms with van der Waals surface area (Å²) in [6.07, 6.45) is 1.99. The molecule has 0 radical (unpaired) electrons. The summed E-state index contributed by atoms with van der Waals surface area (Å²) in [7, 11) is -2.97. The third-order valence-electron chi connectivity index (χ3n) is 3.21. The van der Waals surface area contributed by atoms with E-state index in [4.69, 9.17) is 4.74 Å². The first kappa shape index (κ1) is 15.9. The molecule has 1 saturated heterocycles. The number of ether oxygens (including phenoxy) is 1. The molecule has 0 aliphatic carbocycles. The molecule has 1 heterocycles. The van der Waals surface area contributed by atoms with Gasteiger partial charge in [-0.1, -0.05) is 20.8 Å². The monoisotopic (exact) mass is 277 g/mol. The minimum Gasteiger partial charge on any atom is -0.381 e. The summed E-state index contributed by atoms with van der Waals surface area (Å²) in [6, 6.07) is 0.0520. The van der Waals surface area contributed by atoms with E-state index in [9.17, 15) is 8.42 Å². The van der Waals surface area contributed by atoms with Crippen LogP contribution in [-0.2, 0) is 14.6 Å². The summed E-state index contributed by atoms with van der Waals surface area (Å²) < 4.78 is 29.6. The normalized spacial score (nSPS) is 22.6. The van der Waals surface area contributed by atoms with Gasteiger partial charge in [-0.15, -0.1) is 0 Å². The first-order valence-corrected chi connectivity index (χ1v) is 8.78. The quantitative estimate of drug-likeness (QED) is 0.730. The summed E-state index contributed by atoms with van der Waals surface area (Å²) >= 11 is 0. The Balaban J connectivity index is 2.59. The average Bonchev–Trinajstić information content (AvgIpc) is 2.75. The van der Waals surface area contributed by atoms with Crippen LogP contribution < -0.4 is 5.32 Å². The maximum Gasteiger partial charge on any atom is 0.152 e. The van der Waals surface area contributed by atoms with Crippen molar-refractivity contribution in [1.82, 2.24) is 5.32 Å². The minimum absolute atomic E-state index is 0.0520. The second-order valence-corrected chi connectivity index (χ2v) is 7.81. The van der Waals surface area contributed by atoms with E-state index in [2.05, 4.69) is 12.2 Å². The second-order valence-electron chi connectivity index (χ2n) is 5.66. The van der Waals surface area contributed by atoms with Gasteiger partial charge in [0, 0.05) is 18.6 Å². The summed E-state index contributed by atoms with van der Waals surface area (Å²) in [5.41, 5.74) is 0. The largest absolute Gasteiger partial charge is 0.381 e. The second kappa shape index (κ2) is 7.46. The van der Waals surface area contributed by atoms with Crippen LogP contribution in [0.3, 0.4) is 0 Å². The fourth-order valence-corrected chi connectivity index (χ4v) is 4.50. The molecule has 0 bridgehead atoms. The van der Waals surface area contributed by atoms with Gasteiger partial charge < -0.3 is 10.1 Å². The molecule has 0 aromatic rings. The zero-order valence-electron chi connectivity index (χ0n) is 11.8. The molecular formula is C13H27NO3S. The van der Waals surface area contributed by atoms with Crippen LogP contribution in [0.2, 0.25) is 0 Å². The number of hydrogen-bond donors (Lipinski definition) is 1. The van der Waals surface area contributed by atoms with Gasteiger partial charge in [-0.3, -0.25) is 0 Å². The Hall–Kier alpha value is -0.130. The van der Waals surface area contributed by atoms with E-state index in [1.54, 1.807) is 0 Å². The Bertz CT molecular complexity index is 321. The van der Waals surface area contributed by atoms with Gasteiger partial charge in [0.25, 0.3) is 0 Å². The van der Waals surface area contributed by atoms with Crippen LogP contribution in [0, 0.1) is 11.8 Å². The molecule has 1 rings (SSSR count). The zero-order valence-corrected chi connectivity index (χ0v) is 12.6. The minimum atomic E-state index is -2.97. The molecule has 0 amide bonds. The number of hydrogen-bond acceptors (Lipinski definition) is 4. The van der Waals surface area contributed by atoms with Crippen molar-refractivity contribution in [3.63, 3.8) is 0 Å². The maximum absolute atomic E-state index is 12.1. The molecule has 0 saturated carbocycles. The molecule has 2 unspecified atom stereocenters. The van der Waals surface area contributed by atoms with Crippen molar-refractivity contribution in [1.29, 1.82) is 0 Å². The lowest BCUT2D eigenvalue weighted by Crippen LogP contribution is -2.43. The van der Waals surface area contributed by atoms with Crippen LogP contribution >= 0.6 is 0 Å². The fraction of sp³-hybridized carbons (Fsp3) is 1.00. The highest BCUT2D eigenvalue weighted by atomic mass is 32.2. The molecule has 108 valence electrons. The van der Waals surface area contributed by atoms with Crippen LogP contribution in [0.1, 0.15) is 33.6 Å². The highest BCUT2D eigenvalue weighted by Crippen LogP contribution is 2.19. The van der Waals surface area contributed by atoms with Crippen molar-refractivity contribution in [3.05, 3.63) is 0 Å². The predicted octanol–water partition coefficient (Wildman–Crippen LogP) is 1.46. The number of sulfone groups is 1. The van der Waals surface area contributed by atoms with Crippen LogP contribution in [-0.4, -0.2) is 45.7 Å². The third-order valence-corrected chi connectivity index (χ3v) is 5.25. The van der Waals surface area contributed by atoms with Crippen LogP contribution in [0.5, 0.6) is 0 Å². The highest BCUT2D eigenvalue weighted by Gasteiger charge is 2.29.